The topological polar surface area (TPSA) is 89.8 Å². The number of carbonyl (C=O) groups is 1. The lowest BCUT2D eigenvalue weighted by atomic mass is 10.1. The standard InChI is InChI=1S/C28H37N5O3/c1-8-33-21(7)23(20(6)32-33)17-29-28(30-24-13-11-12-18(4)19(24)5)31-27(34)22-14-15-25(35-9-2)26(16-22)36-10-3/h11-16H,8-10,17H2,1-7H3,(H2,29,30,31,34). The van der Waals surface area contributed by atoms with E-state index >= 15 is 0 Å². The maximum absolute atomic E-state index is 13.3. The Morgan fingerprint density at radius 1 is 1.00 bits per heavy atom. The zero-order valence-electron chi connectivity index (χ0n) is 22.4. The molecule has 0 atom stereocenters. The van der Waals surface area contributed by atoms with E-state index in [1.54, 1.807) is 18.2 Å². The third-order valence-corrected chi connectivity index (χ3v) is 6.12. The summed E-state index contributed by atoms with van der Waals surface area (Å²) in [6.45, 7) is 16.1. The number of aliphatic imine (C=N–C) groups is 1. The van der Waals surface area contributed by atoms with E-state index in [1.807, 2.05) is 51.4 Å². The highest BCUT2D eigenvalue weighted by Crippen LogP contribution is 2.28. The molecule has 0 saturated heterocycles. The van der Waals surface area contributed by atoms with Crippen LogP contribution in [0.3, 0.4) is 0 Å². The molecule has 0 aliphatic heterocycles. The normalized spacial score (nSPS) is 11.4. The van der Waals surface area contributed by atoms with E-state index in [0.29, 0.717) is 42.8 Å². The van der Waals surface area contributed by atoms with Crippen LogP contribution in [0, 0.1) is 27.7 Å². The van der Waals surface area contributed by atoms with Gasteiger partial charge in [0.05, 0.1) is 25.5 Å². The van der Waals surface area contributed by atoms with Crippen LogP contribution in [0.4, 0.5) is 5.69 Å². The Hall–Kier alpha value is -3.81. The third-order valence-electron chi connectivity index (χ3n) is 6.12. The first-order valence-corrected chi connectivity index (χ1v) is 12.4. The Morgan fingerprint density at radius 3 is 2.39 bits per heavy atom. The Bertz CT molecular complexity index is 1250. The van der Waals surface area contributed by atoms with Gasteiger partial charge in [-0.3, -0.25) is 14.8 Å². The Balaban J connectivity index is 1.92. The van der Waals surface area contributed by atoms with Crippen molar-refractivity contribution in [2.24, 2.45) is 4.99 Å². The van der Waals surface area contributed by atoms with Gasteiger partial charge in [0, 0.05) is 29.1 Å². The van der Waals surface area contributed by atoms with Crippen LogP contribution < -0.4 is 20.1 Å². The number of nitrogens with one attached hydrogen (secondary N) is 2. The Morgan fingerprint density at radius 2 is 1.72 bits per heavy atom. The fourth-order valence-corrected chi connectivity index (χ4v) is 3.93. The summed E-state index contributed by atoms with van der Waals surface area (Å²) in [6.07, 6.45) is 0. The minimum Gasteiger partial charge on any atom is -0.490 e. The van der Waals surface area contributed by atoms with Crippen LogP contribution in [-0.4, -0.2) is 34.9 Å². The summed E-state index contributed by atoms with van der Waals surface area (Å²) in [7, 11) is 0. The molecule has 0 bridgehead atoms. The summed E-state index contributed by atoms with van der Waals surface area (Å²) in [5, 5.41) is 10.9. The number of rotatable bonds is 9. The molecule has 0 unspecified atom stereocenters. The van der Waals surface area contributed by atoms with Crippen molar-refractivity contribution in [2.45, 2.75) is 61.6 Å². The summed E-state index contributed by atoms with van der Waals surface area (Å²) in [6, 6.07) is 11.2. The van der Waals surface area contributed by atoms with Crippen molar-refractivity contribution < 1.29 is 14.3 Å². The largest absolute Gasteiger partial charge is 0.490 e. The fraction of sp³-hybridized carbons (Fsp3) is 0.393. The predicted octanol–water partition coefficient (Wildman–Crippen LogP) is 5.33. The lowest BCUT2D eigenvalue weighted by Gasteiger charge is -2.16. The second-order valence-electron chi connectivity index (χ2n) is 8.48. The molecule has 8 nitrogen and oxygen atoms in total. The van der Waals surface area contributed by atoms with Gasteiger partial charge in [0.1, 0.15) is 0 Å². The average Bonchev–Trinajstić information content (AvgIpc) is 3.14. The summed E-state index contributed by atoms with van der Waals surface area (Å²) >= 11 is 0. The van der Waals surface area contributed by atoms with Crippen molar-refractivity contribution in [1.82, 2.24) is 15.1 Å². The number of ether oxygens (including phenoxy) is 2. The minimum absolute atomic E-state index is 0.298. The molecule has 1 aromatic heterocycles. The molecule has 8 heteroatoms. The highest BCUT2D eigenvalue weighted by molar-refractivity contribution is 6.10. The van der Waals surface area contributed by atoms with E-state index in [1.165, 1.54) is 0 Å². The second-order valence-corrected chi connectivity index (χ2v) is 8.48. The van der Waals surface area contributed by atoms with Gasteiger partial charge in [-0.2, -0.15) is 5.10 Å². The first-order valence-electron chi connectivity index (χ1n) is 12.4. The first-order chi connectivity index (χ1) is 17.3. The molecule has 2 N–H and O–H groups in total. The molecule has 0 radical (unpaired) electrons. The molecule has 0 spiro atoms. The van der Waals surface area contributed by atoms with Gasteiger partial charge in [0.2, 0.25) is 5.96 Å². The smallest absolute Gasteiger partial charge is 0.258 e. The van der Waals surface area contributed by atoms with Crippen LogP contribution in [0.1, 0.15) is 59.2 Å². The van der Waals surface area contributed by atoms with E-state index in [-0.39, 0.29) is 5.91 Å². The highest BCUT2D eigenvalue weighted by Gasteiger charge is 2.16. The van der Waals surface area contributed by atoms with Crippen molar-refractivity contribution >= 4 is 17.6 Å². The van der Waals surface area contributed by atoms with Crippen molar-refractivity contribution in [3.63, 3.8) is 0 Å². The number of benzene rings is 2. The summed E-state index contributed by atoms with van der Waals surface area (Å²) in [5.41, 5.74) is 6.62. The lowest BCUT2D eigenvalue weighted by Crippen LogP contribution is -2.36. The number of carbonyl (C=O) groups excluding carboxylic acids is 1. The summed E-state index contributed by atoms with van der Waals surface area (Å²) in [5.74, 6) is 1.21. The van der Waals surface area contributed by atoms with Crippen LogP contribution in [0.25, 0.3) is 0 Å². The van der Waals surface area contributed by atoms with Crippen LogP contribution in [0.2, 0.25) is 0 Å². The zero-order valence-corrected chi connectivity index (χ0v) is 22.4. The van der Waals surface area contributed by atoms with Crippen molar-refractivity contribution in [3.05, 3.63) is 70.0 Å². The fourth-order valence-electron chi connectivity index (χ4n) is 3.93. The van der Waals surface area contributed by atoms with E-state index in [4.69, 9.17) is 14.5 Å². The number of guanidine groups is 1. The predicted molar refractivity (Wildman–Crippen MR) is 144 cm³/mol. The molecule has 0 fully saturated rings. The van der Waals surface area contributed by atoms with Crippen LogP contribution in [-0.2, 0) is 13.1 Å². The molecule has 192 valence electrons. The molecule has 0 saturated carbocycles. The van der Waals surface area contributed by atoms with E-state index in [9.17, 15) is 4.79 Å². The summed E-state index contributed by atoms with van der Waals surface area (Å²) < 4.78 is 13.3. The quantitative estimate of drug-likeness (QED) is 0.312. The van der Waals surface area contributed by atoms with Crippen molar-refractivity contribution in [2.75, 3.05) is 18.5 Å². The number of hydrogen-bond donors (Lipinski definition) is 2. The molecule has 0 aliphatic rings. The Labute approximate surface area is 213 Å². The van der Waals surface area contributed by atoms with Gasteiger partial charge in [-0.25, -0.2) is 4.99 Å². The number of aromatic nitrogens is 2. The van der Waals surface area contributed by atoms with Crippen LogP contribution in [0.15, 0.2) is 41.4 Å². The molecule has 0 aliphatic carbocycles. The second kappa shape index (κ2) is 12.2. The molecule has 3 aromatic rings. The van der Waals surface area contributed by atoms with Gasteiger partial charge in [0.25, 0.3) is 5.91 Å². The molecule has 36 heavy (non-hydrogen) atoms. The van der Waals surface area contributed by atoms with E-state index < -0.39 is 0 Å². The molecule has 2 aromatic carbocycles. The van der Waals surface area contributed by atoms with E-state index in [2.05, 4.69) is 35.6 Å². The maximum Gasteiger partial charge on any atom is 0.258 e. The lowest BCUT2D eigenvalue weighted by molar-refractivity contribution is 0.0976. The Kier molecular flexibility index (Phi) is 9.11. The number of aryl methyl sites for hydroxylation is 3. The van der Waals surface area contributed by atoms with Gasteiger partial charge in [-0.15, -0.1) is 0 Å². The number of nitrogens with zero attached hydrogens (tertiary/aromatic N) is 3. The van der Waals surface area contributed by atoms with Gasteiger partial charge in [0.15, 0.2) is 11.5 Å². The van der Waals surface area contributed by atoms with Crippen LogP contribution in [0.5, 0.6) is 11.5 Å². The molecular weight excluding hydrogens is 454 g/mol. The first kappa shape index (κ1) is 26.8. The summed E-state index contributed by atoms with van der Waals surface area (Å²) in [4.78, 5) is 18.0. The van der Waals surface area contributed by atoms with Crippen molar-refractivity contribution in [1.29, 1.82) is 0 Å². The molecule has 3 rings (SSSR count). The number of amides is 1. The van der Waals surface area contributed by atoms with E-state index in [0.717, 1.165) is 40.3 Å². The molecule has 1 amide bonds. The number of anilines is 1. The minimum atomic E-state index is -0.298. The van der Waals surface area contributed by atoms with Crippen LogP contribution >= 0.6 is 0 Å². The highest BCUT2D eigenvalue weighted by atomic mass is 16.5. The number of hydrogen-bond acceptors (Lipinski definition) is 5. The molecule has 1 heterocycles. The SMILES string of the molecule is CCOc1ccc(C(=O)NC(=NCc2c(C)nn(CC)c2C)Nc2cccc(C)c2C)cc1OCC. The molecular formula is C28H37N5O3. The maximum atomic E-state index is 13.3. The van der Waals surface area contributed by atoms with Gasteiger partial charge in [-0.1, -0.05) is 12.1 Å². The third kappa shape index (κ3) is 6.24. The average molecular weight is 492 g/mol. The van der Waals surface area contributed by atoms with Gasteiger partial charge >= 0.3 is 0 Å². The zero-order chi connectivity index (χ0) is 26.2. The van der Waals surface area contributed by atoms with Gasteiger partial charge in [-0.05, 0) is 83.9 Å². The monoisotopic (exact) mass is 491 g/mol. The van der Waals surface area contributed by atoms with Gasteiger partial charge < -0.3 is 14.8 Å². The van der Waals surface area contributed by atoms with Crippen molar-refractivity contribution in [3.8, 4) is 11.5 Å².